The molecule has 0 spiro atoms. The van der Waals surface area contributed by atoms with E-state index >= 15 is 0 Å². The zero-order valence-corrected chi connectivity index (χ0v) is 12.3. The molecule has 0 fully saturated rings. The number of aliphatic carboxylic acids is 1. The predicted octanol–water partition coefficient (Wildman–Crippen LogP) is 4.10. The molecular formula is C17H24O3. The van der Waals surface area contributed by atoms with Crippen molar-refractivity contribution in [2.75, 3.05) is 0 Å². The molecule has 1 rings (SSSR count). The third-order valence-electron chi connectivity index (χ3n) is 3.27. The first-order valence-corrected chi connectivity index (χ1v) is 7.21. The van der Waals surface area contributed by atoms with Gasteiger partial charge in [0.25, 0.3) is 0 Å². The maximum atomic E-state index is 10.5. The summed E-state index contributed by atoms with van der Waals surface area (Å²) in [5.41, 5.74) is 2.90. The molecule has 0 aliphatic heterocycles. The second-order valence-corrected chi connectivity index (χ2v) is 5.14. The van der Waals surface area contributed by atoms with E-state index in [4.69, 9.17) is 5.11 Å². The average Bonchev–Trinajstić information content (AvgIpc) is 2.40. The fourth-order valence-electron chi connectivity index (χ4n) is 2.16. The standard InChI is InChI=1S/C17H24O3/c1-3-4-5-8-16(18)15-12-13(2)10-11-14(15)7-6-9-17(19)20/h6-7,10-12,16,18H,3-5,8-9H2,1-2H3,(H,19,20)/b7-6+/t16-/m1/s1. The average molecular weight is 276 g/mol. The van der Waals surface area contributed by atoms with Gasteiger partial charge < -0.3 is 10.2 Å². The quantitative estimate of drug-likeness (QED) is 0.703. The molecule has 1 aromatic carbocycles. The lowest BCUT2D eigenvalue weighted by Gasteiger charge is -2.14. The summed E-state index contributed by atoms with van der Waals surface area (Å²) in [5.74, 6) is -0.849. The Bertz CT molecular complexity index is 463. The zero-order valence-electron chi connectivity index (χ0n) is 12.3. The highest BCUT2D eigenvalue weighted by atomic mass is 16.4. The van der Waals surface area contributed by atoms with Gasteiger partial charge in [-0.15, -0.1) is 0 Å². The van der Waals surface area contributed by atoms with Gasteiger partial charge in [-0.05, 0) is 24.5 Å². The molecule has 0 radical (unpaired) electrons. The Morgan fingerprint density at radius 3 is 2.75 bits per heavy atom. The molecule has 3 nitrogen and oxygen atoms in total. The Morgan fingerprint density at radius 1 is 1.35 bits per heavy atom. The van der Waals surface area contributed by atoms with E-state index in [1.54, 1.807) is 12.2 Å². The maximum absolute atomic E-state index is 10.5. The molecule has 0 saturated heterocycles. The molecule has 0 heterocycles. The molecule has 1 aromatic rings. The normalized spacial score (nSPS) is 12.8. The minimum Gasteiger partial charge on any atom is -0.481 e. The summed E-state index contributed by atoms with van der Waals surface area (Å²) in [6.45, 7) is 4.13. The van der Waals surface area contributed by atoms with E-state index < -0.39 is 12.1 Å². The second-order valence-electron chi connectivity index (χ2n) is 5.14. The topological polar surface area (TPSA) is 57.5 Å². The number of carboxylic acids is 1. The van der Waals surface area contributed by atoms with Crippen LogP contribution in [0.3, 0.4) is 0 Å². The van der Waals surface area contributed by atoms with Crippen LogP contribution in [0, 0.1) is 6.92 Å². The molecule has 1 atom stereocenters. The number of unbranched alkanes of at least 4 members (excludes halogenated alkanes) is 2. The lowest BCUT2D eigenvalue weighted by atomic mass is 9.96. The van der Waals surface area contributed by atoms with Gasteiger partial charge in [0.1, 0.15) is 0 Å². The number of rotatable bonds is 8. The smallest absolute Gasteiger partial charge is 0.307 e. The van der Waals surface area contributed by atoms with E-state index in [1.807, 2.05) is 25.1 Å². The van der Waals surface area contributed by atoms with E-state index in [1.165, 1.54) is 0 Å². The summed E-state index contributed by atoms with van der Waals surface area (Å²) in [5, 5.41) is 19.0. The van der Waals surface area contributed by atoms with Crippen molar-refractivity contribution < 1.29 is 15.0 Å². The number of hydrogen-bond donors (Lipinski definition) is 2. The number of aliphatic hydroxyl groups is 1. The molecule has 0 bridgehead atoms. The third kappa shape index (κ3) is 5.57. The molecule has 0 saturated carbocycles. The van der Waals surface area contributed by atoms with E-state index in [9.17, 15) is 9.90 Å². The molecule has 0 aromatic heterocycles. The first-order chi connectivity index (χ1) is 9.54. The third-order valence-corrected chi connectivity index (χ3v) is 3.27. The Labute approximate surface area is 121 Å². The number of hydrogen-bond acceptors (Lipinski definition) is 2. The van der Waals surface area contributed by atoms with E-state index in [2.05, 4.69) is 6.92 Å². The van der Waals surface area contributed by atoms with Crippen LogP contribution in [0.4, 0.5) is 0 Å². The Balaban J connectivity index is 2.83. The highest BCUT2D eigenvalue weighted by Crippen LogP contribution is 2.25. The van der Waals surface area contributed by atoms with Gasteiger partial charge in [0.05, 0.1) is 12.5 Å². The molecule has 0 aliphatic rings. The summed E-state index contributed by atoms with van der Waals surface area (Å²) >= 11 is 0. The first kappa shape index (κ1) is 16.4. The number of aryl methyl sites for hydroxylation is 1. The molecule has 0 aliphatic carbocycles. The van der Waals surface area contributed by atoms with Crippen LogP contribution in [-0.2, 0) is 4.79 Å². The van der Waals surface area contributed by atoms with Crippen LogP contribution in [0.1, 0.15) is 61.8 Å². The van der Waals surface area contributed by atoms with Crippen molar-refractivity contribution in [3.8, 4) is 0 Å². The van der Waals surface area contributed by atoms with Gasteiger partial charge in [-0.25, -0.2) is 0 Å². The van der Waals surface area contributed by atoms with Gasteiger partial charge in [0, 0.05) is 0 Å². The largest absolute Gasteiger partial charge is 0.481 e. The molecule has 0 unspecified atom stereocenters. The van der Waals surface area contributed by atoms with Crippen molar-refractivity contribution in [1.29, 1.82) is 0 Å². The minimum absolute atomic E-state index is 0.000748. The van der Waals surface area contributed by atoms with E-state index in [-0.39, 0.29) is 6.42 Å². The van der Waals surface area contributed by atoms with Crippen LogP contribution in [0.2, 0.25) is 0 Å². The van der Waals surface area contributed by atoms with E-state index in [0.717, 1.165) is 42.4 Å². The lowest BCUT2D eigenvalue weighted by molar-refractivity contribution is -0.135. The van der Waals surface area contributed by atoms with Crippen LogP contribution in [0.5, 0.6) is 0 Å². The van der Waals surface area contributed by atoms with Gasteiger partial charge in [0.15, 0.2) is 0 Å². The van der Waals surface area contributed by atoms with Gasteiger partial charge >= 0.3 is 5.97 Å². The van der Waals surface area contributed by atoms with Crippen LogP contribution < -0.4 is 0 Å². The first-order valence-electron chi connectivity index (χ1n) is 7.21. The molecule has 20 heavy (non-hydrogen) atoms. The summed E-state index contributed by atoms with van der Waals surface area (Å²) in [4.78, 5) is 10.5. The van der Waals surface area contributed by atoms with Crippen LogP contribution >= 0.6 is 0 Å². The number of benzene rings is 1. The summed E-state index contributed by atoms with van der Waals surface area (Å²) in [6.07, 6.45) is 6.92. The fraction of sp³-hybridized carbons (Fsp3) is 0.471. The van der Waals surface area contributed by atoms with Crippen molar-refractivity contribution in [1.82, 2.24) is 0 Å². The van der Waals surface area contributed by atoms with Crippen molar-refractivity contribution >= 4 is 12.0 Å². The van der Waals surface area contributed by atoms with Crippen LogP contribution in [-0.4, -0.2) is 16.2 Å². The van der Waals surface area contributed by atoms with Crippen molar-refractivity contribution in [2.45, 2.75) is 52.1 Å². The summed E-state index contributed by atoms with van der Waals surface area (Å²) < 4.78 is 0. The SMILES string of the molecule is CCCCC[C@@H](O)c1cc(C)ccc1/C=C/CC(=O)O. The summed E-state index contributed by atoms with van der Waals surface area (Å²) in [6, 6.07) is 5.89. The highest BCUT2D eigenvalue weighted by molar-refractivity contribution is 5.70. The molecule has 0 amide bonds. The van der Waals surface area contributed by atoms with Gasteiger partial charge in [0.2, 0.25) is 0 Å². The molecule has 3 heteroatoms. The van der Waals surface area contributed by atoms with Gasteiger partial charge in [-0.1, -0.05) is 62.1 Å². The van der Waals surface area contributed by atoms with Crippen molar-refractivity contribution in [3.05, 3.63) is 41.0 Å². The summed E-state index contributed by atoms with van der Waals surface area (Å²) in [7, 11) is 0. The minimum atomic E-state index is -0.849. The Morgan fingerprint density at radius 2 is 2.10 bits per heavy atom. The zero-order chi connectivity index (χ0) is 15.0. The van der Waals surface area contributed by atoms with Crippen molar-refractivity contribution in [3.63, 3.8) is 0 Å². The second kappa shape index (κ2) is 8.54. The Kier molecular flexibility index (Phi) is 7.02. The van der Waals surface area contributed by atoms with Gasteiger partial charge in [-0.2, -0.15) is 0 Å². The number of carbonyl (C=O) groups is 1. The fourth-order valence-corrected chi connectivity index (χ4v) is 2.16. The van der Waals surface area contributed by atoms with Crippen molar-refractivity contribution in [2.24, 2.45) is 0 Å². The van der Waals surface area contributed by atoms with Crippen LogP contribution in [0.15, 0.2) is 24.3 Å². The van der Waals surface area contributed by atoms with Crippen LogP contribution in [0.25, 0.3) is 6.08 Å². The number of aliphatic hydroxyl groups excluding tert-OH is 1. The number of carboxylic acid groups (broad SMARTS) is 1. The van der Waals surface area contributed by atoms with Gasteiger partial charge in [-0.3, -0.25) is 4.79 Å². The highest BCUT2D eigenvalue weighted by Gasteiger charge is 2.11. The maximum Gasteiger partial charge on any atom is 0.307 e. The molecular weight excluding hydrogens is 252 g/mol. The Hall–Kier alpha value is -1.61. The monoisotopic (exact) mass is 276 g/mol. The lowest BCUT2D eigenvalue weighted by Crippen LogP contribution is -2.01. The predicted molar refractivity (Wildman–Crippen MR) is 81.6 cm³/mol. The van der Waals surface area contributed by atoms with E-state index in [0.29, 0.717) is 0 Å². The molecule has 110 valence electrons. The molecule has 2 N–H and O–H groups in total.